The highest BCUT2D eigenvalue weighted by atomic mass is 16.5. The van der Waals surface area contributed by atoms with E-state index in [9.17, 15) is 4.79 Å². The molecule has 32 heavy (non-hydrogen) atoms. The molecule has 0 spiro atoms. The molecule has 0 aliphatic carbocycles. The highest BCUT2D eigenvalue weighted by Crippen LogP contribution is 2.40. The predicted molar refractivity (Wildman–Crippen MR) is 121 cm³/mol. The maximum absolute atomic E-state index is 12.8. The van der Waals surface area contributed by atoms with E-state index in [2.05, 4.69) is 32.2 Å². The zero-order chi connectivity index (χ0) is 22.7. The molecule has 3 aromatic rings. The molecule has 1 N–H and O–H groups in total. The van der Waals surface area contributed by atoms with Gasteiger partial charge in [0.2, 0.25) is 11.7 Å². The number of carbonyl (C=O) groups excluding carboxylic acids is 1. The lowest BCUT2D eigenvalue weighted by Gasteiger charge is -2.31. The summed E-state index contributed by atoms with van der Waals surface area (Å²) in [6, 6.07) is 3.36. The van der Waals surface area contributed by atoms with E-state index in [1.807, 2.05) is 0 Å². The quantitative estimate of drug-likeness (QED) is 0.598. The number of hydrogen-bond acceptors (Lipinski definition) is 8. The summed E-state index contributed by atoms with van der Waals surface area (Å²) in [4.78, 5) is 23.9. The molecule has 3 heterocycles. The van der Waals surface area contributed by atoms with Crippen LogP contribution in [0.3, 0.4) is 0 Å². The molecule has 1 amide bonds. The Balaban J connectivity index is 1.53. The second-order valence-electron chi connectivity index (χ2n) is 7.87. The van der Waals surface area contributed by atoms with Crippen LogP contribution in [0.2, 0.25) is 0 Å². The third kappa shape index (κ3) is 4.25. The monoisotopic (exact) mass is 440 g/mol. The van der Waals surface area contributed by atoms with Crippen molar-refractivity contribution in [1.29, 1.82) is 0 Å². The van der Waals surface area contributed by atoms with E-state index in [4.69, 9.17) is 14.2 Å². The Morgan fingerprint density at radius 3 is 2.41 bits per heavy atom. The number of rotatable bonds is 7. The SMILES string of the molecule is COc1cc(NC(=O)Cn2ncc3c(N4CCC(C)CC4)ncnc32)cc(OC)c1OC. The van der Waals surface area contributed by atoms with Crippen LogP contribution < -0.4 is 24.4 Å². The number of ether oxygens (including phenoxy) is 3. The Morgan fingerprint density at radius 1 is 1.09 bits per heavy atom. The molecule has 4 rings (SSSR count). The lowest BCUT2D eigenvalue weighted by molar-refractivity contribution is -0.116. The number of hydrogen-bond donors (Lipinski definition) is 1. The van der Waals surface area contributed by atoms with E-state index >= 15 is 0 Å². The molecule has 0 unspecified atom stereocenters. The molecule has 1 saturated heterocycles. The van der Waals surface area contributed by atoms with Crippen molar-refractivity contribution in [2.75, 3.05) is 44.6 Å². The summed E-state index contributed by atoms with van der Waals surface area (Å²) in [5.41, 5.74) is 1.16. The van der Waals surface area contributed by atoms with E-state index in [1.165, 1.54) is 27.7 Å². The minimum atomic E-state index is -0.253. The topological polar surface area (TPSA) is 104 Å². The van der Waals surface area contributed by atoms with Crippen molar-refractivity contribution in [3.8, 4) is 17.2 Å². The lowest BCUT2D eigenvalue weighted by Crippen LogP contribution is -2.33. The molecule has 10 heteroatoms. The van der Waals surface area contributed by atoms with Gasteiger partial charge in [0.25, 0.3) is 0 Å². The van der Waals surface area contributed by atoms with Gasteiger partial charge in [-0.3, -0.25) is 4.79 Å². The van der Waals surface area contributed by atoms with E-state index < -0.39 is 0 Å². The molecule has 1 fully saturated rings. The molecule has 0 atom stereocenters. The van der Waals surface area contributed by atoms with Gasteiger partial charge in [0.1, 0.15) is 18.7 Å². The summed E-state index contributed by atoms with van der Waals surface area (Å²) in [5, 5.41) is 8.11. The Kier molecular flexibility index (Phi) is 6.29. The van der Waals surface area contributed by atoms with Gasteiger partial charge in [0.15, 0.2) is 17.1 Å². The maximum Gasteiger partial charge on any atom is 0.246 e. The van der Waals surface area contributed by atoms with Gasteiger partial charge in [-0.25, -0.2) is 14.6 Å². The number of aromatic nitrogens is 4. The van der Waals surface area contributed by atoms with Crippen LogP contribution in [0.1, 0.15) is 19.8 Å². The molecule has 2 aromatic heterocycles. The van der Waals surface area contributed by atoms with Gasteiger partial charge >= 0.3 is 0 Å². The average Bonchev–Trinajstić information content (AvgIpc) is 3.21. The van der Waals surface area contributed by atoms with Crippen LogP contribution in [-0.2, 0) is 11.3 Å². The first-order valence-electron chi connectivity index (χ1n) is 10.5. The highest BCUT2D eigenvalue weighted by molar-refractivity contribution is 5.93. The number of methoxy groups -OCH3 is 3. The van der Waals surface area contributed by atoms with Crippen LogP contribution in [0.25, 0.3) is 11.0 Å². The molecule has 170 valence electrons. The van der Waals surface area contributed by atoms with Crippen molar-refractivity contribution in [2.24, 2.45) is 5.92 Å². The minimum absolute atomic E-state index is 0.00759. The van der Waals surface area contributed by atoms with Gasteiger partial charge in [-0.2, -0.15) is 5.10 Å². The third-order valence-corrected chi connectivity index (χ3v) is 5.74. The fourth-order valence-electron chi connectivity index (χ4n) is 3.96. The number of carbonyl (C=O) groups is 1. The lowest BCUT2D eigenvalue weighted by atomic mass is 9.99. The number of anilines is 2. The molecular formula is C22H28N6O4. The van der Waals surface area contributed by atoms with Crippen molar-refractivity contribution in [3.63, 3.8) is 0 Å². The smallest absolute Gasteiger partial charge is 0.246 e. The van der Waals surface area contributed by atoms with E-state index in [-0.39, 0.29) is 12.5 Å². The Bertz CT molecular complexity index is 1080. The van der Waals surface area contributed by atoms with E-state index in [1.54, 1.807) is 23.0 Å². The van der Waals surface area contributed by atoms with Gasteiger partial charge in [-0.05, 0) is 18.8 Å². The van der Waals surface area contributed by atoms with Gasteiger partial charge in [0, 0.05) is 30.9 Å². The number of benzene rings is 1. The van der Waals surface area contributed by atoms with E-state index in [0.29, 0.717) is 28.6 Å². The highest BCUT2D eigenvalue weighted by Gasteiger charge is 2.21. The number of piperidine rings is 1. The van der Waals surface area contributed by atoms with Crippen LogP contribution in [0.15, 0.2) is 24.7 Å². The van der Waals surface area contributed by atoms with Gasteiger partial charge in [0.05, 0.1) is 32.9 Å². The summed E-state index contributed by atoms with van der Waals surface area (Å²) in [6.07, 6.45) is 5.54. The number of nitrogens with zero attached hydrogens (tertiary/aromatic N) is 5. The molecule has 10 nitrogen and oxygen atoms in total. The van der Waals surface area contributed by atoms with Crippen LogP contribution in [0, 0.1) is 5.92 Å². The molecule has 0 radical (unpaired) electrons. The molecule has 1 aliphatic rings. The summed E-state index contributed by atoms with van der Waals surface area (Å²) >= 11 is 0. The fourth-order valence-corrected chi connectivity index (χ4v) is 3.96. The van der Waals surface area contributed by atoms with Crippen LogP contribution in [0.4, 0.5) is 11.5 Å². The number of amides is 1. The standard InChI is InChI=1S/C22H28N6O4/c1-14-5-7-27(8-6-14)21-16-11-25-28(22(16)24-13-23-21)12-19(29)26-15-9-17(30-2)20(32-4)18(10-15)31-3/h9-11,13-14H,5-8,12H2,1-4H3,(H,26,29). The second kappa shape index (κ2) is 9.29. The van der Waals surface area contributed by atoms with E-state index in [0.717, 1.165) is 43.1 Å². The first-order valence-corrected chi connectivity index (χ1v) is 10.5. The van der Waals surface area contributed by atoms with Crippen LogP contribution in [0.5, 0.6) is 17.2 Å². The summed E-state index contributed by atoms with van der Waals surface area (Å²) in [5.74, 6) is 2.72. The first kappa shape index (κ1) is 21.7. The molecule has 1 aromatic carbocycles. The second-order valence-corrected chi connectivity index (χ2v) is 7.87. The molecule has 0 bridgehead atoms. The van der Waals surface area contributed by atoms with Gasteiger partial charge < -0.3 is 24.4 Å². The fraction of sp³-hybridized carbons (Fsp3) is 0.455. The predicted octanol–water partition coefficient (Wildman–Crippen LogP) is 2.73. The summed E-state index contributed by atoms with van der Waals surface area (Å²) in [7, 11) is 4.58. The summed E-state index contributed by atoms with van der Waals surface area (Å²) in [6.45, 7) is 4.20. The maximum atomic E-state index is 12.8. The zero-order valence-corrected chi connectivity index (χ0v) is 18.8. The first-order chi connectivity index (χ1) is 15.5. The average molecular weight is 441 g/mol. The number of nitrogens with one attached hydrogen (secondary N) is 1. The zero-order valence-electron chi connectivity index (χ0n) is 18.8. The molecule has 0 saturated carbocycles. The van der Waals surface area contributed by atoms with Gasteiger partial charge in [-0.1, -0.05) is 6.92 Å². The molecule has 1 aliphatic heterocycles. The van der Waals surface area contributed by atoms with Crippen LogP contribution >= 0.6 is 0 Å². The van der Waals surface area contributed by atoms with Crippen molar-refractivity contribution >= 4 is 28.4 Å². The summed E-state index contributed by atoms with van der Waals surface area (Å²) < 4.78 is 17.6. The minimum Gasteiger partial charge on any atom is -0.493 e. The van der Waals surface area contributed by atoms with Crippen molar-refractivity contribution < 1.29 is 19.0 Å². The van der Waals surface area contributed by atoms with Gasteiger partial charge in [-0.15, -0.1) is 0 Å². The normalized spacial score (nSPS) is 14.4. The Morgan fingerprint density at radius 2 is 1.78 bits per heavy atom. The van der Waals surface area contributed by atoms with Crippen molar-refractivity contribution in [3.05, 3.63) is 24.7 Å². The van der Waals surface area contributed by atoms with Crippen molar-refractivity contribution in [2.45, 2.75) is 26.3 Å². The van der Waals surface area contributed by atoms with Crippen LogP contribution in [-0.4, -0.2) is 60.1 Å². The largest absolute Gasteiger partial charge is 0.493 e. The Labute approximate surface area is 186 Å². The Hall–Kier alpha value is -3.56. The third-order valence-electron chi connectivity index (χ3n) is 5.74. The van der Waals surface area contributed by atoms with Crippen molar-refractivity contribution in [1.82, 2.24) is 19.7 Å². The number of fused-ring (bicyclic) bond motifs is 1. The molecular weight excluding hydrogens is 412 g/mol.